The number of benzene rings is 1. The Kier molecular flexibility index (Phi) is 3.24. The summed E-state index contributed by atoms with van der Waals surface area (Å²) in [4.78, 5) is 13.8. The van der Waals surface area contributed by atoms with Crippen LogP contribution in [0, 0.1) is 0 Å². The smallest absolute Gasteiger partial charge is 0.260 e. The molecule has 104 valence electrons. The fraction of sp³-hybridized carbons (Fsp3) is 0.308. The van der Waals surface area contributed by atoms with E-state index in [4.69, 9.17) is 10.5 Å². The molecule has 1 amide bonds. The molecule has 1 aliphatic rings. The number of ether oxygens (including phenoxy) is 1. The molecular formula is C13H15N5O2. The SMILES string of the molecule is Nc1ccc(OCC(=O)N2CCn3cnnc3C2)cc1. The molecule has 1 aromatic heterocycles. The van der Waals surface area contributed by atoms with Gasteiger partial charge in [0.05, 0.1) is 6.54 Å². The van der Waals surface area contributed by atoms with Gasteiger partial charge in [0, 0.05) is 18.8 Å². The van der Waals surface area contributed by atoms with Crippen LogP contribution in [0.4, 0.5) is 5.69 Å². The van der Waals surface area contributed by atoms with E-state index < -0.39 is 0 Å². The third kappa shape index (κ3) is 2.56. The van der Waals surface area contributed by atoms with Crippen LogP contribution in [0.3, 0.4) is 0 Å². The molecule has 0 unspecified atom stereocenters. The summed E-state index contributed by atoms with van der Waals surface area (Å²) in [6.07, 6.45) is 1.68. The highest BCUT2D eigenvalue weighted by Crippen LogP contribution is 2.14. The molecule has 1 aliphatic heterocycles. The molecule has 0 bridgehead atoms. The molecule has 20 heavy (non-hydrogen) atoms. The Morgan fingerprint density at radius 1 is 1.30 bits per heavy atom. The number of amides is 1. The zero-order valence-corrected chi connectivity index (χ0v) is 10.9. The fourth-order valence-corrected chi connectivity index (χ4v) is 2.08. The van der Waals surface area contributed by atoms with Gasteiger partial charge in [0.25, 0.3) is 5.91 Å². The molecule has 7 heteroatoms. The van der Waals surface area contributed by atoms with Gasteiger partial charge < -0.3 is 19.9 Å². The second-order valence-electron chi connectivity index (χ2n) is 4.61. The summed E-state index contributed by atoms with van der Waals surface area (Å²) in [6, 6.07) is 6.97. The van der Waals surface area contributed by atoms with Gasteiger partial charge in [0.1, 0.15) is 12.1 Å². The van der Waals surface area contributed by atoms with Gasteiger partial charge in [-0.25, -0.2) is 0 Å². The highest BCUT2D eigenvalue weighted by Gasteiger charge is 2.21. The maximum atomic E-state index is 12.1. The summed E-state index contributed by atoms with van der Waals surface area (Å²) in [6.45, 7) is 1.85. The van der Waals surface area contributed by atoms with Crippen molar-refractivity contribution in [3.63, 3.8) is 0 Å². The minimum Gasteiger partial charge on any atom is -0.484 e. The number of hydrogen-bond acceptors (Lipinski definition) is 5. The predicted molar refractivity (Wildman–Crippen MR) is 71.8 cm³/mol. The summed E-state index contributed by atoms with van der Waals surface area (Å²) in [7, 11) is 0. The van der Waals surface area contributed by atoms with Gasteiger partial charge in [0.2, 0.25) is 0 Å². The lowest BCUT2D eigenvalue weighted by atomic mass is 10.3. The van der Waals surface area contributed by atoms with Crippen LogP contribution in [0.25, 0.3) is 0 Å². The van der Waals surface area contributed by atoms with Gasteiger partial charge in [-0.15, -0.1) is 10.2 Å². The van der Waals surface area contributed by atoms with Crippen molar-refractivity contribution in [2.45, 2.75) is 13.1 Å². The topological polar surface area (TPSA) is 86.3 Å². The van der Waals surface area contributed by atoms with Crippen molar-refractivity contribution in [1.29, 1.82) is 0 Å². The van der Waals surface area contributed by atoms with Crippen molar-refractivity contribution in [3.05, 3.63) is 36.4 Å². The van der Waals surface area contributed by atoms with E-state index in [1.54, 1.807) is 35.5 Å². The van der Waals surface area contributed by atoms with Crippen molar-refractivity contribution in [2.24, 2.45) is 0 Å². The zero-order chi connectivity index (χ0) is 13.9. The Balaban J connectivity index is 1.56. The molecule has 0 saturated carbocycles. The summed E-state index contributed by atoms with van der Waals surface area (Å²) < 4.78 is 7.40. The first kappa shape index (κ1) is 12.5. The molecule has 0 saturated heterocycles. The quantitative estimate of drug-likeness (QED) is 0.812. The van der Waals surface area contributed by atoms with Gasteiger partial charge in [-0.05, 0) is 24.3 Å². The number of nitrogens with two attached hydrogens (primary N) is 1. The van der Waals surface area contributed by atoms with E-state index in [-0.39, 0.29) is 12.5 Å². The van der Waals surface area contributed by atoms with Crippen LogP contribution in [0.5, 0.6) is 5.75 Å². The van der Waals surface area contributed by atoms with Crippen LogP contribution < -0.4 is 10.5 Å². The summed E-state index contributed by atoms with van der Waals surface area (Å²) in [5.41, 5.74) is 6.25. The van der Waals surface area contributed by atoms with E-state index in [1.165, 1.54) is 0 Å². The molecule has 2 aromatic rings. The number of hydrogen-bond donors (Lipinski definition) is 1. The number of nitrogen functional groups attached to an aromatic ring is 1. The van der Waals surface area contributed by atoms with Crippen LogP contribution >= 0.6 is 0 Å². The molecule has 0 spiro atoms. The Labute approximate surface area is 116 Å². The van der Waals surface area contributed by atoms with Crippen LogP contribution in [-0.2, 0) is 17.9 Å². The van der Waals surface area contributed by atoms with Crippen molar-refractivity contribution in [2.75, 3.05) is 18.9 Å². The number of carbonyl (C=O) groups is 1. The molecule has 2 heterocycles. The number of nitrogens with zero attached hydrogens (tertiary/aromatic N) is 4. The second kappa shape index (κ2) is 5.20. The standard InChI is InChI=1S/C13H15N5O2/c14-10-1-3-11(4-2-10)20-8-13(19)17-5-6-18-9-15-16-12(18)7-17/h1-4,9H,5-8,14H2. The van der Waals surface area contributed by atoms with Gasteiger partial charge in [-0.1, -0.05) is 0 Å². The largest absolute Gasteiger partial charge is 0.484 e. The maximum absolute atomic E-state index is 12.1. The maximum Gasteiger partial charge on any atom is 0.260 e. The van der Waals surface area contributed by atoms with E-state index >= 15 is 0 Å². The van der Waals surface area contributed by atoms with Gasteiger partial charge in [-0.2, -0.15) is 0 Å². The van der Waals surface area contributed by atoms with Crippen molar-refractivity contribution >= 4 is 11.6 Å². The first-order valence-electron chi connectivity index (χ1n) is 6.35. The monoisotopic (exact) mass is 273 g/mol. The van der Waals surface area contributed by atoms with Gasteiger partial charge >= 0.3 is 0 Å². The normalized spacial score (nSPS) is 13.9. The number of rotatable bonds is 3. The van der Waals surface area contributed by atoms with Gasteiger partial charge in [-0.3, -0.25) is 4.79 Å². The molecule has 3 rings (SSSR count). The predicted octanol–water partition coefficient (Wildman–Crippen LogP) is 0.281. The number of carbonyl (C=O) groups excluding carboxylic acids is 1. The lowest BCUT2D eigenvalue weighted by molar-refractivity contribution is -0.134. The summed E-state index contributed by atoms with van der Waals surface area (Å²) >= 11 is 0. The Morgan fingerprint density at radius 3 is 2.90 bits per heavy atom. The van der Waals surface area contributed by atoms with Crippen LogP contribution in [0.1, 0.15) is 5.82 Å². The third-order valence-electron chi connectivity index (χ3n) is 3.23. The summed E-state index contributed by atoms with van der Waals surface area (Å²) in [5.74, 6) is 1.38. The Hall–Kier alpha value is -2.57. The van der Waals surface area contributed by atoms with E-state index in [0.29, 0.717) is 24.5 Å². The van der Waals surface area contributed by atoms with Crippen LogP contribution in [-0.4, -0.2) is 38.7 Å². The molecule has 0 aliphatic carbocycles. The molecule has 2 N–H and O–H groups in total. The minimum atomic E-state index is -0.0592. The number of fused-ring (bicyclic) bond motifs is 1. The van der Waals surface area contributed by atoms with E-state index in [1.807, 2.05) is 4.57 Å². The average molecular weight is 273 g/mol. The van der Waals surface area contributed by atoms with Crippen LogP contribution in [0.2, 0.25) is 0 Å². The van der Waals surface area contributed by atoms with E-state index in [2.05, 4.69) is 10.2 Å². The molecule has 0 radical (unpaired) electrons. The lowest BCUT2D eigenvalue weighted by Gasteiger charge is -2.26. The Morgan fingerprint density at radius 2 is 2.10 bits per heavy atom. The zero-order valence-electron chi connectivity index (χ0n) is 10.9. The molecular weight excluding hydrogens is 258 g/mol. The van der Waals surface area contributed by atoms with Crippen molar-refractivity contribution in [1.82, 2.24) is 19.7 Å². The van der Waals surface area contributed by atoms with Gasteiger partial charge in [0.15, 0.2) is 12.4 Å². The first-order chi connectivity index (χ1) is 9.72. The van der Waals surface area contributed by atoms with E-state index in [9.17, 15) is 4.79 Å². The third-order valence-corrected chi connectivity index (χ3v) is 3.23. The molecule has 0 fully saturated rings. The number of anilines is 1. The van der Waals surface area contributed by atoms with Crippen molar-refractivity contribution in [3.8, 4) is 5.75 Å². The van der Waals surface area contributed by atoms with Crippen molar-refractivity contribution < 1.29 is 9.53 Å². The average Bonchev–Trinajstić information content (AvgIpc) is 2.93. The second-order valence-corrected chi connectivity index (χ2v) is 4.61. The summed E-state index contributed by atoms with van der Waals surface area (Å²) in [5, 5.41) is 7.81. The lowest BCUT2D eigenvalue weighted by Crippen LogP contribution is -2.40. The van der Waals surface area contributed by atoms with E-state index in [0.717, 1.165) is 12.4 Å². The number of aromatic nitrogens is 3. The fourth-order valence-electron chi connectivity index (χ4n) is 2.08. The highest BCUT2D eigenvalue weighted by atomic mass is 16.5. The molecule has 1 aromatic carbocycles. The first-order valence-corrected chi connectivity index (χ1v) is 6.35. The highest BCUT2D eigenvalue weighted by molar-refractivity contribution is 5.77. The molecule has 0 atom stereocenters. The van der Waals surface area contributed by atoms with Crippen LogP contribution in [0.15, 0.2) is 30.6 Å². The Bertz CT molecular complexity index is 607. The minimum absolute atomic E-state index is 0.0120. The molecule has 7 nitrogen and oxygen atoms in total.